The molecule has 0 radical (unpaired) electrons. The zero-order chi connectivity index (χ0) is 14.7. The standard InChI is InChI=1S/C16H20ClN3O/c17-14-5-1-2-6-15(14)18-16(21)20-11-7-13(8-12-20)19-9-3-4-10-19/h1-6,13H,7-12H2,(H,18,21). The summed E-state index contributed by atoms with van der Waals surface area (Å²) in [5.41, 5.74) is 0.676. The van der Waals surface area contributed by atoms with Crippen LogP contribution in [-0.4, -0.2) is 48.1 Å². The van der Waals surface area contributed by atoms with Crippen molar-refractivity contribution in [3.05, 3.63) is 41.4 Å². The molecule has 21 heavy (non-hydrogen) atoms. The Kier molecular flexibility index (Phi) is 4.46. The molecule has 3 rings (SSSR count). The Morgan fingerprint density at radius 3 is 2.48 bits per heavy atom. The van der Waals surface area contributed by atoms with E-state index in [1.54, 1.807) is 6.07 Å². The quantitative estimate of drug-likeness (QED) is 0.852. The maximum atomic E-state index is 12.3. The van der Waals surface area contributed by atoms with Gasteiger partial charge in [-0.1, -0.05) is 35.9 Å². The van der Waals surface area contributed by atoms with Gasteiger partial charge in [0.15, 0.2) is 0 Å². The van der Waals surface area contributed by atoms with E-state index in [-0.39, 0.29) is 6.03 Å². The third-order valence-corrected chi connectivity index (χ3v) is 4.56. The molecule has 0 saturated carbocycles. The number of hydrogen-bond donors (Lipinski definition) is 1. The van der Waals surface area contributed by atoms with Gasteiger partial charge in [0, 0.05) is 32.2 Å². The van der Waals surface area contributed by atoms with Crippen LogP contribution in [0.4, 0.5) is 10.5 Å². The molecule has 0 bridgehead atoms. The van der Waals surface area contributed by atoms with Gasteiger partial charge in [0.2, 0.25) is 0 Å². The second kappa shape index (κ2) is 6.50. The van der Waals surface area contributed by atoms with Crippen molar-refractivity contribution >= 4 is 23.3 Å². The predicted molar refractivity (Wildman–Crippen MR) is 85.8 cm³/mol. The van der Waals surface area contributed by atoms with Crippen molar-refractivity contribution in [2.75, 3.05) is 31.5 Å². The smallest absolute Gasteiger partial charge is 0.321 e. The van der Waals surface area contributed by atoms with Crippen LogP contribution in [-0.2, 0) is 0 Å². The molecule has 0 spiro atoms. The first-order chi connectivity index (χ1) is 10.2. The van der Waals surface area contributed by atoms with Crippen LogP contribution in [0.2, 0.25) is 5.02 Å². The highest BCUT2D eigenvalue weighted by Crippen LogP contribution is 2.23. The number of amides is 2. The van der Waals surface area contributed by atoms with E-state index in [1.807, 2.05) is 23.1 Å². The number of urea groups is 1. The molecular weight excluding hydrogens is 286 g/mol. The lowest BCUT2D eigenvalue weighted by molar-refractivity contribution is 0.144. The Bertz CT molecular complexity index is 530. The molecule has 0 atom stereocenters. The van der Waals surface area contributed by atoms with Crippen molar-refractivity contribution in [3.8, 4) is 0 Å². The van der Waals surface area contributed by atoms with Crippen LogP contribution in [0, 0.1) is 0 Å². The highest BCUT2D eigenvalue weighted by Gasteiger charge is 2.27. The summed E-state index contributed by atoms with van der Waals surface area (Å²) in [6.45, 7) is 3.71. The van der Waals surface area contributed by atoms with Crippen LogP contribution in [0.3, 0.4) is 0 Å². The van der Waals surface area contributed by atoms with Crippen LogP contribution >= 0.6 is 11.6 Å². The first kappa shape index (κ1) is 14.4. The van der Waals surface area contributed by atoms with Gasteiger partial charge in [0.25, 0.3) is 0 Å². The van der Waals surface area contributed by atoms with E-state index in [4.69, 9.17) is 11.6 Å². The molecular formula is C16H20ClN3O. The maximum absolute atomic E-state index is 12.3. The van der Waals surface area contributed by atoms with E-state index < -0.39 is 0 Å². The first-order valence-electron chi connectivity index (χ1n) is 7.43. The van der Waals surface area contributed by atoms with Crippen LogP contribution in [0.25, 0.3) is 0 Å². The van der Waals surface area contributed by atoms with E-state index >= 15 is 0 Å². The number of carbonyl (C=O) groups is 1. The van der Waals surface area contributed by atoms with Gasteiger partial charge in [-0.3, -0.25) is 4.90 Å². The minimum atomic E-state index is -0.0545. The number of piperidine rings is 1. The summed E-state index contributed by atoms with van der Waals surface area (Å²) in [5, 5.41) is 3.47. The molecule has 2 aliphatic rings. The van der Waals surface area contributed by atoms with E-state index in [9.17, 15) is 4.79 Å². The van der Waals surface area contributed by atoms with Gasteiger partial charge >= 0.3 is 6.03 Å². The molecule has 112 valence electrons. The number of anilines is 1. The lowest BCUT2D eigenvalue weighted by atomic mass is 10.0. The Morgan fingerprint density at radius 1 is 1.14 bits per heavy atom. The zero-order valence-corrected chi connectivity index (χ0v) is 12.7. The zero-order valence-electron chi connectivity index (χ0n) is 12.0. The first-order valence-corrected chi connectivity index (χ1v) is 7.81. The van der Waals surface area contributed by atoms with Gasteiger partial charge < -0.3 is 10.2 Å². The van der Waals surface area contributed by atoms with Gasteiger partial charge in [-0.25, -0.2) is 4.79 Å². The average Bonchev–Trinajstić information content (AvgIpc) is 3.04. The van der Waals surface area contributed by atoms with E-state index in [1.165, 1.54) is 0 Å². The summed E-state index contributed by atoms with van der Waals surface area (Å²) in [6.07, 6.45) is 6.52. The van der Waals surface area contributed by atoms with Crippen molar-refractivity contribution < 1.29 is 4.79 Å². The van der Waals surface area contributed by atoms with Gasteiger partial charge in [0.05, 0.1) is 10.7 Å². The average molecular weight is 306 g/mol. The number of carbonyl (C=O) groups excluding carboxylic acids is 1. The monoisotopic (exact) mass is 305 g/mol. The molecule has 2 aliphatic heterocycles. The minimum absolute atomic E-state index is 0.0545. The number of likely N-dealkylation sites (tertiary alicyclic amines) is 1. The number of halogens is 1. The highest BCUT2D eigenvalue weighted by molar-refractivity contribution is 6.33. The Hall–Kier alpha value is -1.52. The molecule has 1 saturated heterocycles. The Balaban J connectivity index is 1.52. The molecule has 1 N–H and O–H groups in total. The van der Waals surface area contributed by atoms with Crippen LogP contribution < -0.4 is 5.32 Å². The largest absolute Gasteiger partial charge is 0.324 e. The highest BCUT2D eigenvalue weighted by atomic mass is 35.5. The molecule has 0 aromatic heterocycles. The van der Waals surface area contributed by atoms with E-state index in [0.717, 1.165) is 39.0 Å². The second-order valence-electron chi connectivity index (χ2n) is 5.55. The summed E-state index contributed by atoms with van der Waals surface area (Å²) < 4.78 is 0. The number of benzene rings is 1. The fourth-order valence-electron chi connectivity index (χ4n) is 2.98. The van der Waals surface area contributed by atoms with Crippen LogP contribution in [0.15, 0.2) is 36.4 Å². The molecule has 5 heteroatoms. The van der Waals surface area contributed by atoms with Crippen molar-refractivity contribution in [2.45, 2.75) is 18.9 Å². The summed E-state index contributed by atoms with van der Waals surface area (Å²) in [7, 11) is 0. The van der Waals surface area contributed by atoms with Crippen molar-refractivity contribution in [1.29, 1.82) is 0 Å². The number of nitrogens with one attached hydrogen (secondary N) is 1. The third kappa shape index (κ3) is 3.39. The molecule has 1 aromatic rings. The van der Waals surface area contributed by atoms with Crippen molar-refractivity contribution in [2.24, 2.45) is 0 Å². The maximum Gasteiger partial charge on any atom is 0.321 e. The summed E-state index contributed by atoms with van der Waals surface area (Å²) in [6, 6.07) is 7.87. The van der Waals surface area contributed by atoms with Crippen LogP contribution in [0.5, 0.6) is 0 Å². The molecule has 2 heterocycles. The molecule has 1 aromatic carbocycles. The Morgan fingerprint density at radius 2 is 1.81 bits per heavy atom. The van der Waals surface area contributed by atoms with Gasteiger partial charge in [-0.05, 0) is 25.0 Å². The SMILES string of the molecule is O=C(Nc1ccccc1Cl)N1CCC(N2CC=CC2)CC1. The summed E-state index contributed by atoms with van der Waals surface area (Å²) in [4.78, 5) is 16.6. The number of nitrogens with zero attached hydrogens (tertiary/aromatic N) is 2. The summed E-state index contributed by atoms with van der Waals surface area (Å²) >= 11 is 6.07. The number of para-hydroxylation sites is 1. The molecule has 4 nitrogen and oxygen atoms in total. The second-order valence-corrected chi connectivity index (χ2v) is 5.96. The number of rotatable bonds is 2. The van der Waals surface area contributed by atoms with E-state index in [0.29, 0.717) is 16.8 Å². The molecule has 0 unspecified atom stereocenters. The lowest BCUT2D eigenvalue weighted by Gasteiger charge is -2.36. The molecule has 2 amide bonds. The van der Waals surface area contributed by atoms with Gasteiger partial charge in [0.1, 0.15) is 0 Å². The van der Waals surface area contributed by atoms with E-state index in [2.05, 4.69) is 22.4 Å². The van der Waals surface area contributed by atoms with Crippen LogP contribution in [0.1, 0.15) is 12.8 Å². The molecule has 1 fully saturated rings. The normalized spacial score (nSPS) is 20.0. The van der Waals surface area contributed by atoms with Crippen molar-refractivity contribution in [3.63, 3.8) is 0 Å². The fraction of sp³-hybridized carbons (Fsp3) is 0.438. The predicted octanol–water partition coefficient (Wildman–Crippen LogP) is 3.21. The topological polar surface area (TPSA) is 35.6 Å². The van der Waals surface area contributed by atoms with Gasteiger partial charge in [-0.2, -0.15) is 0 Å². The van der Waals surface area contributed by atoms with Crippen molar-refractivity contribution in [1.82, 2.24) is 9.80 Å². The fourth-order valence-corrected chi connectivity index (χ4v) is 3.17. The molecule has 0 aliphatic carbocycles. The summed E-state index contributed by atoms with van der Waals surface area (Å²) in [5.74, 6) is 0. The Labute approximate surface area is 130 Å². The third-order valence-electron chi connectivity index (χ3n) is 4.23. The number of hydrogen-bond acceptors (Lipinski definition) is 2. The lowest BCUT2D eigenvalue weighted by Crippen LogP contribution is -2.47. The van der Waals surface area contributed by atoms with Gasteiger partial charge in [-0.15, -0.1) is 0 Å². The minimum Gasteiger partial charge on any atom is -0.324 e.